The third-order valence-corrected chi connectivity index (χ3v) is 6.74. The summed E-state index contributed by atoms with van der Waals surface area (Å²) in [5, 5.41) is 9.17. The Hall–Kier alpha value is -3.56. The number of rotatable bonds is 8. The molecule has 186 valence electrons. The molecule has 0 saturated carbocycles. The number of thioether (sulfide) groups is 1. The molecule has 2 atom stereocenters. The van der Waals surface area contributed by atoms with E-state index in [4.69, 9.17) is 9.47 Å². The van der Waals surface area contributed by atoms with Crippen molar-refractivity contribution in [3.8, 4) is 0 Å². The average Bonchev–Trinajstić information content (AvgIpc) is 3.17. The van der Waals surface area contributed by atoms with Crippen molar-refractivity contribution in [2.75, 3.05) is 12.4 Å². The van der Waals surface area contributed by atoms with Gasteiger partial charge < -0.3 is 14.6 Å². The van der Waals surface area contributed by atoms with Crippen LogP contribution in [0, 0.1) is 11.6 Å². The smallest absolute Gasteiger partial charge is 0.334 e. The number of carbonyl (C=O) groups excluding carboxylic acids is 2. The van der Waals surface area contributed by atoms with Crippen molar-refractivity contribution in [1.29, 1.82) is 0 Å². The third kappa shape index (κ3) is 5.32. The minimum atomic E-state index is -1.26. The first-order chi connectivity index (χ1) is 17.2. The van der Waals surface area contributed by atoms with Crippen LogP contribution in [0.3, 0.4) is 0 Å². The predicted molar refractivity (Wildman–Crippen MR) is 130 cm³/mol. The summed E-state index contributed by atoms with van der Waals surface area (Å²) in [6.07, 6.45) is 3.49. The minimum Gasteiger partial charge on any atom is -0.478 e. The van der Waals surface area contributed by atoms with Crippen LogP contribution < -0.4 is 0 Å². The van der Waals surface area contributed by atoms with Crippen LogP contribution in [-0.2, 0) is 29.5 Å². The van der Waals surface area contributed by atoms with E-state index in [0.717, 1.165) is 23.9 Å². The second-order valence-corrected chi connectivity index (χ2v) is 9.36. The number of carboxylic acid groups (broad SMARTS) is 1. The predicted octanol–water partition coefficient (Wildman–Crippen LogP) is 4.81. The normalized spacial score (nSPS) is 21.4. The summed E-state index contributed by atoms with van der Waals surface area (Å²) in [6, 6.07) is 12.0. The van der Waals surface area contributed by atoms with Crippen molar-refractivity contribution in [3.05, 3.63) is 101 Å². The van der Waals surface area contributed by atoms with Crippen LogP contribution in [0.4, 0.5) is 8.78 Å². The maximum atomic E-state index is 14.1. The Balaban J connectivity index is 1.32. The van der Waals surface area contributed by atoms with Crippen LogP contribution in [-0.4, -0.2) is 40.4 Å². The highest BCUT2D eigenvalue weighted by Crippen LogP contribution is 2.36. The number of aliphatic carboxylic acids is 1. The second-order valence-electron chi connectivity index (χ2n) is 8.29. The van der Waals surface area contributed by atoms with Crippen molar-refractivity contribution in [3.63, 3.8) is 0 Å². The lowest BCUT2D eigenvalue weighted by atomic mass is 9.92. The summed E-state index contributed by atoms with van der Waals surface area (Å²) in [5.41, 5.74) is -0.276. The van der Waals surface area contributed by atoms with Gasteiger partial charge in [-0.3, -0.25) is 9.59 Å². The lowest BCUT2D eigenvalue weighted by Gasteiger charge is -2.24. The molecule has 6 nitrogen and oxygen atoms in total. The molecule has 0 radical (unpaired) electrons. The van der Waals surface area contributed by atoms with E-state index in [-0.39, 0.29) is 41.5 Å². The first-order valence-electron chi connectivity index (χ1n) is 11.1. The second kappa shape index (κ2) is 10.6. The number of allylic oxidation sites excluding steroid dienone is 2. The summed E-state index contributed by atoms with van der Waals surface area (Å²) in [4.78, 5) is 36.9. The quantitative estimate of drug-likeness (QED) is 0.508. The highest BCUT2D eigenvalue weighted by Gasteiger charge is 2.43. The lowest BCUT2D eigenvalue weighted by Crippen LogP contribution is -2.29. The molecule has 0 spiro atoms. The minimum absolute atomic E-state index is 0.0472. The lowest BCUT2D eigenvalue weighted by molar-refractivity contribution is -0.134. The Kier molecular flexibility index (Phi) is 7.51. The van der Waals surface area contributed by atoms with Gasteiger partial charge in [0.2, 0.25) is 5.78 Å². The molecule has 36 heavy (non-hydrogen) atoms. The molecule has 1 N–H and O–H groups in total. The van der Waals surface area contributed by atoms with E-state index in [0.29, 0.717) is 11.1 Å². The molecule has 2 unspecified atom stereocenters. The van der Waals surface area contributed by atoms with Crippen LogP contribution >= 0.6 is 11.8 Å². The number of halogens is 2. The highest BCUT2D eigenvalue weighted by molar-refractivity contribution is 8.14. The van der Waals surface area contributed by atoms with Gasteiger partial charge in [0.15, 0.2) is 11.4 Å². The summed E-state index contributed by atoms with van der Waals surface area (Å²) in [7, 11) is 0. The van der Waals surface area contributed by atoms with Crippen molar-refractivity contribution in [2.24, 2.45) is 0 Å². The monoisotopic (exact) mass is 512 g/mol. The Morgan fingerprint density at radius 3 is 2.61 bits per heavy atom. The molecular formula is C27H22F2O6S. The van der Waals surface area contributed by atoms with Gasteiger partial charge >= 0.3 is 5.97 Å². The van der Waals surface area contributed by atoms with Crippen LogP contribution in [0.5, 0.6) is 0 Å². The maximum Gasteiger partial charge on any atom is 0.334 e. The standard InChI is InChI=1S/C27H22F2O6S/c1-27(17-5-3-2-4-6-17)24(30)15-23(35-27)26(33)36-12-11-34-22-10-7-16(13-20(22)25(31)32)19-9-8-18(28)14-21(19)29/h2-9,13-15,22H,10-12H2,1H3,(H,31,32). The van der Waals surface area contributed by atoms with Gasteiger partial charge in [-0.2, -0.15) is 0 Å². The van der Waals surface area contributed by atoms with Gasteiger partial charge in [-0.1, -0.05) is 48.2 Å². The van der Waals surface area contributed by atoms with Crippen molar-refractivity contribution in [1.82, 2.24) is 0 Å². The zero-order valence-corrected chi connectivity index (χ0v) is 20.0. The molecule has 1 heterocycles. The van der Waals surface area contributed by atoms with Crippen molar-refractivity contribution in [2.45, 2.75) is 25.0 Å². The molecule has 0 saturated heterocycles. The van der Waals surface area contributed by atoms with Crippen LogP contribution in [0.25, 0.3) is 5.57 Å². The van der Waals surface area contributed by atoms with E-state index in [9.17, 15) is 28.3 Å². The van der Waals surface area contributed by atoms with Crippen LogP contribution in [0.1, 0.15) is 24.5 Å². The Morgan fingerprint density at radius 2 is 1.92 bits per heavy atom. The average molecular weight is 513 g/mol. The van der Waals surface area contributed by atoms with Crippen LogP contribution in [0.2, 0.25) is 0 Å². The molecule has 2 aliphatic rings. The number of carboxylic acids is 1. The van der Waals surface area contributed by atoms with E-state index in [1.807, 2.05) is 6.07 Å². The summed E-state index contributed by atoms with van der Waals surface area (Å²) in [5.74, 6) is -2.91. The summed E-state index contributed by atoms with van der Waals surface area (Å²) in [6.45, 7) is 1.66. The zero-order chi connectivity index (χ0) is 25.9. The number of hydrogen-bond donors (Lipinski definition) is 1. The number of carbonyl (C=O) groups is 3. The molecule has 0 amide bonds. The Morgan fingerprint density at radius 1 is 1.17 bits per heavy atom. The fraction of sp³-hybridized carbons (Fsp3) is 0.222. The molecule has 0 fully saturated rings. The third-order valence-electron chi connectivity index (χ3n) is 5.91. The summed E-state index contributed by atoms with van der Waals surface area (Å²) >= 11 is 0.894. The zero-order valence-electron chi connectivity index (χ0n) is 19.2. The number of ketones is 1. The largest absolute Gasteiger partial charge is 0.478 e. The van der Waals surface area contributed by atoms with E-state index in [1.165, 1.54) is 18.2 Å². The van der Waals surface area contributed by atoms with E-state index in [1.54, 1.807) is 37.3 Å². The number of hydrogen-bond acceptors (Lipinski definition) is 6. The van der Waals surface area contributed by atoms with E-state index >= 15 is 0 Å². The van der Waals surface area contributed by atoms with Gasteiger partial charge in [0.1, 0.15) is 11.6 Å². The molecule has 1 aliphatic heterocycles. The van der Waals surface area contributed by atoms with Crippen molar-refractivity contribution < 1.29 is 37.7 Å². The first-order valence-corrected chi connectivity index (χ1v) is 12.1. The van der Waals surface area contributed by atoms with Gasteiger partial charge in [-0.05, 0) is 37.1 Å². The van der Waals surface area contributed by atoms with Gasteiger partial charge in [0, 0.05) is 29.0 Å². The van der Waals surface area contributed by atoms with Gasteiger partial charge in [-0.15, -0.1) is 0 Å². The van der Waals surface area contributed by atoms with E-state index in [2.05, 4.69) is 0 Å². The molecule has 0 aromatic heterocycles. The molecule has 4 rings (SSSR count). The van der Waals surface area contributed by atoms with Crippen LogP contribution in [0.15, 0.2) is 78.1 Å². The maximum absolute atomic E-state index is 14.1. The number of ether oxygens (including phenoxy) is 2. The first kappa shape index (κ1) is 25.5. The van der Waals surface area contributed by atoms with Crippen molar-refractivity contribution >= 4 is 34.2 Å². The molecule has 0 bridgehead atoms. The fourth-order valence-electron chi connectivity index (χ4n) is 3.96. The number of benzene rings is 2. The Bertz CT molecular complexity index is 1300. The fourth-order valence-corrected chi connectivity index (χ4v) is 4.57. The SMILES string of the molecule is CC1(c2ccccc2)OC(C(=O)SCCOC2CC=C(c3ccc(F)cc3F)C=C2C(=O)O)=CC1=O. The molecule has 2 aromatic rings. The van der Waals surface area contributed by atoms with Gasteiger partial charge in [0.05, 0.1) is 18.3 Å². The molecule has 2 aromatic carbocycles. The summed E-state index contributed by atoms with van der Waals surface area (Å²) < 4.78 is 38.7. The van der Waals surface area contributed by atoms with Gasteiger partial charge in [-0.25, -0.2) is 13.6 Å². The highest BCUT2D eigenvalue weighted by atomic mass is 32.2. The molecular weight excluding hydrogens is 490 g/mol. The molecule has 1 aliphatic carbocycles. The van der Waals surface area contributed by atoms with Gasteiger partial charge in [0.25, 0.3) is 5.12 Å². The van der Waals surface area contributed by atoms with E-state index < -0.39 is 34.4 Å². The molecule has 9 heteroatoms. The topological polar surface area (TPSA) is 89.9 Å². The Labute approximate surface area is 210 Å².